The van der Waals surface area contributed by atoms with Gasteiger partial charge in [0.25, 0.3) is 5.91 Å². The third-order valence-electron chi connectivity index (χ3n) is 6.73. The van der Waals surface area contributed by atoms with E-state index in [1.54, 1.807) is 0 Å². The van der Waals surface area contributed by atoms with E-state index in [9.17, 15) is 19.5 Å². The summed E-state index contributed by atoms with van der Waals surface area (Å²) in [4.78, 5) is 39.2. The Morgan fingerprint density at radius 1 is 1.03 bits per heavy atom. The number of carboxylic acid groups (broad SMARTS) is 1. The largest absolute Gasteiger partial charge is 0.481 e. The van der Waals surface area contributed by atoms with Crippen molar-refractivity contribution in [3.05, 3.63) is 64.1 Å². The van der Waals surface area contributed by atoms with E-state index < -0.39 is 17.8 Å². The molecule has 1 heterocycles. The maximum Gasteiger partial charge on any atom is 0.307 e. The summed E-state index contributed by atoms with van der Waals surface area (Å²) in [6.07, 6.45) is 7.34. The minimum Gasteiger partial charge on any atom is -0.481 e. The molecule has 1 aromatic heterocycles. The predicted molar refractivity (Wildman–Crippen MR) is 118 cm³/mol. The number of aliphatic carboxylic acids is 1. The number of carbonyl (C=O) groups excluding carboxylic acids is 2. The van der Waals surface area contributed by atoms with Crippen LogP contribution in [0.2, 0.25) is 0 Å². The molecule has 2 aromatic rings. The number of allylic oxidation sites excluding steroid dienone is 2. The molecule has 1 aromatic carbocycles. The van der Waals surface area contributed by atoms with Crippen LogP contribution < -0.4 is 10.6 Å². The fraction of sp³-hybridized carbons (Fsp3) is 0.375. The second kappa shape index (κ2) is 7.96. The van der Waals surface area contributed by atoms with Crippen LogP contribution in [0.1, 0.15) is 39.2 Å². The third kappa shape index (κ3) is 3.57. The molecule has 5 rings (SSSR count). The van der Waals surface area contributed by atoms with E-state index in [1.165, 1.54) is 11.3 Å². The third-order valence-corrected chi connectivity index (χ3v) is 7.94. The molecule has 0 radical (unpaired) electrons. The minimum absolute atomic E-state index is 0.0479. The van der Waals surface area contributed by atoms with Gasteiger partial charge in [0.2, 0.25) is 5.91 Å². The zero-order chi connectivity index (χ0) is 21.5. The van der Waals surface area contributed by atoms with Gasteiger partial charge in [-0.1, -0.05) is 42.5 Å². The Kier molecular flexibility index (Phi) is 5.14. The molecule has 0 unspecified atom stereocenters. The number of hydrogen-bond donors (Lipinski definition) is 3. The van der Waals surface area contributed by atoms with Crippen LogP contribution in [-0.2, 0) is 29.0 Å². The molecule has 160 valence electrons. The zero-order valence-electron chi connectivity index (χ0n) is 17.0. The van der Waals surface area contributed by atoms with E-state index in [4.69, 9.17) is 0 Å². The van der Waals surface area contributed by atoms with Gasteiger partial charge in [-0.2, -0.15) is 0 Å². The van der Waals surface area contributed by atoms with Crippen LogP contribution in [-0.4, -0.2) is 22.9 Å². The standard InChI is InChI=1S/C24H24N2O4S/c27-21(25-12-13-5-2-1-3-6-13)20-16-7-4-8-17(16)31-23(20)26-22(28)18-14-9-10-15(11-14)19(18)24(29)30/h1-3,5-6,9-10,14-15,18-19H,4,7-8,11-12H2,(H,25,27)(H,26,28)(H,29,30)/t14-,15-,18-,19-/m0/s1. The Morgan fingerprint density at radius 2 is 1.77 bits per heavy atom. The molecular weight excluding hydrogens is 412 g/mol. The fourth-order valence-electron chi connectivity index (χ4n) is 5.31. The zero-order valence-corrected chi connectivity index (χ0v) is 17.8. The number of benzene rings is 1. The maximum atomic E-state index is 13.2. The highest BCUT2D eigenvalue weighted by Crippen LogP contribution is 2.49. The lowest BCUT2D eigenvalue weighted by molar-refractivity contribution is -0.146. The molecule has 1 saturated carbocycles. The Bertz CT molecular complexity index is 1070. The number of amides is 2. The van der Waals surface area contributed by atoms with Crippen LogP contribution in [0.5, 0.6) is 0 Å². The van der Waals surface area contributed by atoms with Gasteiger partial charge in [0.05, 0.1) is 17.4 Å². The van der Waals surface area contributed by atoms with Crippen LogP contribution in [0.25, 0.3) is 0 Å². The normalized spacial score (nSPS) is 25.4. The average molecular weight is 437 g/mol. The number of thiophene rings is 1. The Balaban J connectivity index is 1.37. The van der Waals surface area contributed by atoms with Gasteiger partial charge in [-0.25, -0.2) is 0 Å². The second-order valence-electron chi connectivity index (χ2n) is 8.56. The molecule has 2 bridgehead atoms. The number of anilines is 1. The van der Waals surface area contributed by atoms with E-state index in [-0.39, 0.29) is 23.7 Å². The number of carbonyl (C=O) groups is 3. The molecule has 3 aliphatic carbocycles. The number of carboxylic acids is 1. The fourth-order valence-corrected chi connectivity index (χ4v) is 6.60. The first kappa shape index (κ1) is 20.0. The van der Waals surface area contributed by atoms with Crippen molar-refractivity contribution < 1.29 is 19.5 Å². The number of aryl methyl sites for hydroxylation is 1. The first-order valence-electron chi connectivity index (χ1n) is 10.7. The van der Waals surface area contributed by atoms with E-state index in [0.717, 1.165) is 35.3 Å². The predicted octanol–water partition coefficient (Wildman–Crippen LogP) is 3.63. The second-order valence-corrected chi connectivity index (χ2v) is 9.66. The maximum absolute atomic E-state index is 13.2. The molecule has 2 amide bonds. The van der Waals surface area contributed by atoms with Crippen LogP contribution >= 0.6 is 11.3 Å². The molecule has 6 nitrogen and oxygen atoms in total. The topological polar surface area (TPSA) is 95.5 Å². The Labute approximate surface area is 184 Å². The van der Waals surface area contributed by atoms with Crippen molar-refractivity contribution in [2.24, 2.45) is 23.7 Å². The molecule has 31 heavy (non-hydrogen) atoms. The highest BCUT2D eigenvalue weighted by molar-refractivity contribution is 7.17. The number of hydrogen-bond acceptors (Lipinski definition) is 4. The lowest BCUT2D eigenvalue weighted by atomic mass is 9.82. The summed E-state index contributed by atoms with van der Waals surface area (Å²) in [7, 11) is 0. The van der Waals surface area contributed by atoms with E-state index in [2.05, 4.69) is 10.6 Å². The van der Waals surface area contributed by atoms with E-state index >= 15 is 0 Å². The van der Waals surface area contributed by atoms with Crippen LogP contribution in [0.3, 0.4) is 0 Å². The van der Waals surface area contributed by atoms with Crippen molar-refractivity contribution in [2.75, 3.05) is 5.32 Å². The molecule has 3 N–H and O–H groups in total. The molecule has 4 atom stereocenters. The summed E-state index contributed by atoms with van der Waals surface area (Å²) in [5.74, 6) is -2.83. The van der Waals surface area contributed by atoms with Gasteiger partial charge in [0, 0.05) is 11.4 Å². The van der Waals surface area contributed by atoms with Gasteiger partial charge in [0.15, 0.2) is 0 Å². The average Bonchev–Trinajstić information content (AvgIpc) is 3.52. The van der Waals surface area contributed by atoms with Crippen molar-refractivity contribution in [3.63, 3.8) is 0 Å². The molecular formula is C24H24N2O4S. The smallest absolute Gasteiger partial charge is 0.307 e. The number of nitrogens with one attached hydrogen (secondary N) is 2. The van der Waals surface area contributed by atoms with Crippen molar-refractivity contribution >= 4 is 34.1 Å². The first-order valence-corrected chi connectivity index (χ1v) is 11.5. The highest BCUT2D eigenvalue weighted by Gasteiger charge is 2.51. The summed E-state index contributed by atoms with van der Waals surface area (Å²) in [6, 6.07) is 9.70. The lowest BCUT2D eigenvalue weighted by Crippen LogP contribution is -2.36. The van der Waals surface area contributed by atoms with Crippen molar-refractivity contribution in [1.29, 1.82) is 0 Å². The SMILES string of the molecule is O=C(NCc1ccccc1)c1c(NC(=O)[C@@H]2[C@@H](C(=O)O)[C@H]3C=C[C@H]2C3)sc2c1CCC2. The van der Waals surface area contributed by atoms with Crippen molar-refractivity contribution in [1.82, 2.24) is 5.32 Å². The van der Waals surface area contributed by atoms with Crippen molar-refractivity contribution in [2.45, 2.75) is 32.2 Å². The highest BCUT2D eigenvalue weighted by atomic mass is 32.1. The van der Waals surface area contributed by atoms with Gasteiger partial charge in [-0.05, 0) is 48.6 Å². The molecule has 0 aliphatic heterocycles. The van der Waals surface area contributed by atoms with Crippen molar-refractivity contribution in [3.8, 4) is 0 Å². The summed E-state index contributed by atoms with van der Waals surface area (Å²) in [5, 5.41) is 16.1. The molecule has 3 aliphatic rings. The number of fused-ring (bicyclic) bond motifs is 3. The van der Waals surface area contributed by atoms with E-state index in [0.29, 0.717) is 23.5 Å². The van der Waals surface area contributed by atoms with Gasteiger partial charge >= 0.3 is 5.97 Å². The van der Waals surface area contributed by atoms with Gasteiger partial charge in [0.1, 0.15) is 5.00 Å². The summed E-state index contributed by atoms with van der Waals surface area (Å²) in [5.41, 5.74) is 2.58. The number of rotatable bonds is 6. The monoisotopic (exact) mass is 436 g/mol. The molecule has 0 spiro atoms. The van der Waals surface area contributed by atoms with Gasteiger partial charge in [-0.15, -0.1) is 11.3 Å². The minimum atomic E-state index is -0.925. The molecule has 1 fully saturated rings. The van der Waals surface area contributed by atoms with E-state index in [1.807, 2.05) is 42.5 Å². The summed E-state index contributed by atoms with van der Waals surface area (Å²) < 4.78 is 0. The lowest BCUT2D eigenvalue weighted by Gasteiger charge is -2.23. The van der Waals surface area contributed by atoms with Gasteiger partial charge < -0.3 is 15.7 Å². The van der Waals surface area contributed by atoms with Gasteiger partial charge in [-0.3, -0.25) is 14.4 Å². The molecule has 0 saturated heterocycles. The summed E-state index contributed by atoms with van der Waals surface area (Å²) >= 11 is 1.46. The molecule has 7 heteroatoms. The first-order chi connectivity index (χ1) is 15.0. The Hall–Kier alpha value is -2.93. The summed E-state index contributed by atoms with van der Waals surface area (Å²) in [6.45, 7) is 0.413. The van der Waals surface area contributed by atoms with Crippen LogP contribution in [0.15, 0.2) is 42.5 Å². The van der Waals surface area contributed by atoms with Crippen LogP contribution in [0, 0.1) is 23.7 Å². The Morgan fingerprint density at radius 3 is 2.52 bits per heavy atom. The van der Waals surface area contributed by atoms with Crippen LogP contribution in [0.4, 0.5) is 5.00 Å². The quantitative estimate of drug-likeness (QED) is 0.603.